The zero-order valence-corrected chi connectivity index (χ0v) is 13.8. The van der Waals surface area contributed by atoms with Gasteiger partial charge in [0.25, 0.3) is 0 Å². The second-order valence-corrected chi connectivity index (χ2v) is 6.88. The molecular weight excluding hydrogens is 365 g/mol. The summed E-state index contributed by atoms with van der Waals surface area (Å²) in [5.74, 6) is 2.19. The maximum Gasteiger partial charge on any atom is 0.245 e. The Morgan fingerprint density at radius 2 is 2.00 bits per heavy atom. The van der Waals surface area contributed by atoms with Gasteiger partial charge in [-0.3, -0.25) is 9.69 Å². The summed E-state index contributed by atoms with van der Waals surface area (Å²) < 4.78 is 13.9. The lowest BCUT2D eigenvalue weighted by atomic mass is 10.1. The second-order valence-electron chi connectivity index (χ2n) is 4.78. The summed E-state index contributed by atoms with van der Waals surface area (Å²) in [5.41, 5.74) is 1.76. The van der Waals surface area contributed by atoms with Crippen molar-refractivity contribution in [1.82, 2.24) is 0 Å². The molecule has 0 saturated carbocycles. The van der Waals surface area contributed by atoms with Gasteiger partial charge in [-0.15, -0.1) is 18.2 Å². The number of fused-ring (bicyclic) bond motifs is 1. The number of carbonyl (C=O) groups excluding carboxylic acids is 1. The van der Waals surface area contributed by atoms with Crippen LogP contribution in [0.4, 0.5) is 10.1 Å². The third kappa shape index (κ3) is 2.77. The molecule has 0 radical (unpaired) electrons. The first-order valence-electron chi connectivity index (χ1n) is 6.56. The van der Waals surface area contributed by atoms with E-state index >= 15 is 0 Å². The van der Waals surface area contributed by atoms with E-state index in [4.69, 9.17) is 6.42 Å². The van der Waals surface area contributed by atoms with Crippen LogP contribution in [0.5, 0.6) is 0 Å². The Kier molecular flexibility index (Phi) is 4.23. The molecule has 2 aromatic carbocycles. The van der Waals surface area contributed by atoms with Crippen molar-refractivity contribution in [2.75, 3.05) is 11.4 Å². The molecule has 1 aliphatic heterocycles. The van der Waals surface area contributed by atoms with Gasteiger partial charge in [-0.25, -0.2) is 4.39 Å². The monoisotopic (exact) mass is 375 g/mol. The van der Waals surface area contributed by atoms with E-state index in [2.05, 4.69) is 21.9 Å². The van der Waals surface area contributed by atoms with Crippen LogP contribution in [0.2, 0.25) is 0 Å². The molecule has 1 aliphatic rings. The summed E-state index contributed by atoms with van der Waals surface area (Å²) in [6.45, 7) is 0.244. The molecule has 0 spiro atoms. The molecule has 3 rings (SSSR count). The number of hydrogen-bond acceptors (Lipinski definition) is 2. The maximum atomic E-state index is 13.0. The van der Waals surface area contributed by atoms with Crippen molar-refractivity contribution in [3.63, 3.8) is 0 Å². The van der Waals surface area contributed by atoms with E-state index in [0.717, 1.165) is 20.6 Å². The molecular formula is C17H11BrFNOS. The quantitative estimate of drug-likeness (QED) is 0.740. The van der Waals surface area contributed by atoms with Gasteiger partial charge >= 0.3 is 0 Å². The number of anilines is 1. The van der Waals surface area contributed by atoms with E-state index in [1.54, 1.807) is 17.0 Å². The van der Waals surface area contributed by atoms with Crippen LogP contribution < -0.4 is 4.90 Å². The van der Waals surface area contributed by atoms with Crippen LogP contribution in [0.15, 0.2) is 51.8 Å². The van der Waals surface area contributed by atoms with Crippen LogP contribution in [0, 0.1) is 18.2 Å². The van der Waals surface area contributed by atoms with Gasteiger partial charge in [0, 0.05) is 15.1 Å². The average molecular weight is 376 g/mol. The number of benzene rings is 2. The molecule has 0 aromatic heterocycles. The van der Waals surface area contributed by atoms with Crippen LogP contribution in [-0.2, 0) is 4.79 Å². The highest BCUT2D eigenvalue weighted by Crippen LogP contribution is 2.47. The molecule has 2 aromatic rings. The predicted octanol–water partition coefficient (Wildman–Crippen LogP) is 4.40. The molecule has 5 heteroatoms. The van der Waals surface area contributed by atoms with Crippen molar-refractivity contribution in [1.29, 1.82) is 0 Å². The lowest BCUT2D eigenvalue weighted by Crippen LogP contribution is -2.28. The zero-order valence-electron chi connectivity index (χ0n) is 11.4. The highest BCUT2D eigenvalue weighted by atomic mass is 79.9. The van der Waals surface area contributed by atoms with E-state index in [1.807, 2.05) is 18.2 Å². The Balaban J connectivity index is 1.97. The summed E-state index contributed by atoms with van der Waals surface area (Å²) in [4.78, 5) is 15.1. The minimum atomic E-state index is -0.369. The Morgan fingerprint density at radius 3 is 2.68 bits per heavy atom. The zero-order chi connectivity index (χ0) is 15.7. The molecule has 0 fully saturated rings. The van der Waals surface area contributed by atoms with Gasteiger partial charge in [0.05, 0.1) is 6.54 Å². The average Bonchev–Trinajstić information content (AvgIpc) is 2.75. The van der Waals surface area contributed by atoms with E-state index in [1.165, 1.54) is 23.9 Å². The molecule has 0 saturated heterocycles. The number of terminal acetylenes is 1. The third-order valence-corrected chi connectivity index (χ3v) is 5.10. The number of thioether (sulfide) groups is 1. The molecule has 1 atom stereocenters. The number of nitrogens with zero attached hydrogens (tertiary/aromatic N) is 1. The van der Waals surface area contributed by atoms with Gasteiger partial charge in [0.15, 0.2) is 0 Å². The summed E-state index contributed by atoms with van der Waals surface area (Å²) in [5, 5.41) is -0.369. The molecule has 1 unspecified atom stereocenters. The predicted molar refractivity (Wildman–Crippen MR) is 90.3 cm³/mol. The summed E-state index contributed by atoms with van der Waals surface area (Å²) >= 11 is 4.84. The standard InChI is InChI=1S/C17H11BrFNOS/c1-2-9-20-15-8-3-11(18)10-14(15)16(17(20)21)22-13-6-4-12(19)5-7-13/h1,3-8,10,16H,9H2. The molecule has 2 nitrogen and oxygen atoms in total. The van der Waals surface area contributed by atoms with Gasteiger partial charge in [-0.2, -0.15) is 0 Å². The molecule has 0 aliphatic carbocycles. The van der Waals surface area contributed by atoms with Gasteiger partial charge in [0.2, 0.25) is 5.91 Å². The SMILES string of the molecule is C#CCN1C(=O)C(Sc2ccc(F)cc2)c2cc(Br)ccc21. The van der Waals surface area contributed by atoms with E-state index < -0.39 is 0 Å². The first kappa shape index (κ1) is 15.1. The largest absolute Gasteiger partial charge is 0.299 e. The molecule has 1 heterocycles. The number of rotatable bonds is 3. The minimum Gasteiger partial charge on any atom is -0.299 e. The van der Waals surface area contributed by atoms with E-state index in [9.17, 15) is 9.18 Å². The van der Waals surface area contributed by atoms with Gasteiger partial charge in [-0.05, 0) is 48.0 Å². The number of carbonyl (C=O) groups is 1. The Morgan fingerprint density at radius 1 is 1.27 bits per heavy atom. The van der Waals surface area contributed by atoms with Crippen molar-refractivity contribution in [2.45, 2.75) is 10.1 Å². The topological polar surface area (TPSA) is 20.3 Å². The van der Waals surface area contributed by atoms with Crippen molar-refractivity contribution in [3.8, 4) is 12.3 Å². The van der Waals surface area contributed by atoms with Gasteiger partial charge < -0.3 is 0 Å². The highest BCUT2D eigenvalue weighted by molar-refractivity contribution is 9.10. The highest BCUT2D eigenvalue weighted by Gasteiger charge is 2.37. The molecule has 1 amide bonds. The smallest absolute Gasteiger partial charge is 0.245 e. The fraction of sp³-hybridized carbons (Fsp3) is 0.118. The maximum absolute atomic E-state index is 13.0. The van der Waals surface area contributed by atoms with Crippen molar-refractivity contribution >= 4 is 39.3 Å². The Bertz CT molecular complexity index is 769. The Labute approximate surface area is 140 Å². The summed E-state index contributed by atoms with van der Waals surface area (Å²) in [6.07, 6.45) is 5.37. The summed E-state index contributed by atoms with van der Waals surface area (Å²) in [7, 11) is 0. The van der Waals surface area contributed by atoms with Crippen LogP contribution >= 0.6 is 27.7 Å². The van der Waals surface area contributed by atoms with Gasteiger partial charge in [0.1, 0.15) is 11.1 Å². The van der Waals surface area contributed by atoms with Crippen molar-refractivity contribution in [2.24, 2.45) is 0 Å². The van der Waals surface area contributed by atoms with E-state index in [0.29, 0.717) is 0 Å². The second kappa shape index (κ2) is 6.15. The van der Waals surface area contributed by atoms with Crippen molar-refractivity contribution in [3.05, 3.63) is 58.3 Å². The first-order chi connectivity index (χ1) is 10.6. The number of amides is 1. The minimum absolute atomic E-state index is 0.0413. The number of hydrogen-bond donors (Lipinski definition) is 0. The molecule has 0 bridgehead atoms. The molecule has 0 N–H and O–H groups in total. The lowest BCUT2D eigenvalue weighted by Gasteiger charge is -2.14. The molecule has 22 heavy (non-hydrogen) atoms. The van der Waals surface area contributed by atoms with Crippen LogP contribution in [0.3, 0.4) is 0 Å². The van der Waals surface area contributed by atoms with Crippen LogP contribution in [-0.4, -0.2) is 12.5 Å². The van der Waals surface area contributed by atoms with Crippen LogP contribution in [0.25, 0.3) is 0 Å². The number of halogens is 2. The first-order valence-corrected chi connectivity index (χ1v) is 8.24. The fourth-order valence-electron chi connectivity index (χ4n) is 2.39. The van der Waals surface area contributed by atoms with Crippen molar-refractivity contribution < 1.29 is 9.18 Å². The third-order valence-electron chi connectivity index (χ3n) is 3.37. The normalized spacial score (nSPS) is 16.5. The lowest BCUT2D eigenvalue weighted by molar-refractivity contribution is -0.117. The van der Waals surface area contributed by atoms with E-state index in [-0.39, 0.29) is 23.5 Å². The Hall–Kier alpha value is -1.77. The van der Waals surface area contributed by atoms with Gasteiger partial charge in [-0.1, -0.05) is 21.9 Å². The fourth-order valence-corrected chi connectivity index (χ4v) is 3.88. The summed E-state index contributed by atoms with van der Waals surface area (Å²) in [6, 6.07) is 11.8. The van der Waals surface area contributed by atoms with Crippen LogP contribution in [0.1, 0.15) is 10.8 Å². The molecule has 110 valence electrons.